The normalized spacial score (nSPS) is 14.8. The zero-order chi connectivity index (χ0) is 18.2. The Morgan fingerprint density at radius 3 is 2.48 bits per heavy atom. The van der Waals surface area contributed by atoms with Crippen molar-refractivity contribution in [3.8, 4) is 11.3 Å². The lowest BCUT2D eigenvalue weighted by Crippen LogP contribution is -2.48. The summed E-state index contributed by atoms with van der Waals surface area (Å²) in [5.74, 6) is 1.66. The largest absolute Gasteiger partial charge is 0.464 e. The molecule has 3 aromatic heterocycles. The molecule has 1 fully saturated rings. The van der Waals surface area contributed by atoms with Crippen LogP contribution in [0.15, 0.2) is 70.0 Å². The number of rotatable bonds is 3. The number of hydrogen-bond donors (Lipinski definition) is 1. The molecule has 0 saturated carbocycles. The molecule has 0 radical (unpaired) electrons. The molecule has 4 heterocycles. The molecule has 1 aromatic carbocycles. The number of aromatic amines is 1. The van der Waals surface area contributed by atoms with Crippen LogP contribution in [0.1, 0.15) is 10.4 Å². The van der Waals surface area contributed by atoms with E-state index in [1.54, 1.807) is 12.5 Å². The minimum atomic E-state index is 0.0482. The average Bonchev–Trinajstić information content (AvgIpc) is 3.48. The molecular formula is C21H19N3O3. The second-order valence-electron chi connectivity index (χ2n) is 6.64. The highest BCUT2D eigenvalue weighted by atomic mass is 16.3. The van der Waals surface area contributed by atoms with Gasteiger partial charge in [-0.05, 0) is 30.3 Å². The molecule has 1 aliphatic rings. The Labute approximate surface area is 156 Å². The lowest BCUT2D eigenvalue weighted by Gasteiger charge is -2.34. The monoisotopic (exact) mass is 361 g/mol. The SMILES string of the molecule is O=C(c1cccc2[nH]cc(-c3ccco3)c12)N1CCN(c2ccco2)CC1. The first kappa shape index (κ1) is 15.8. The zero-order valence-corrected chi connectivity index (χ0v) is 14.7. The Bertz CT molecular complexity index is 1060. The summed E-state index contributed by atoms with van der Waals surface area (Å²) in [6.45, 7) is 2.84. The van der Waals surface area contributed by atoms with Crippen molar-refractivity contribution in [2.75, 3.05) is 31.1 Å². The number of carbonyl (C=O) groups excluding carboxylic acids is 1. The predicted octanol–water partition coefficient (Wildman–Crippen LogP) is 3.98. The maximum Gasteiger partial charge on any atom is 0.254 e. The van der Waals surface area contributed by atoms with Gasteiger partial charge in [-0.25, -0.2) is 0 Å². The summed E-state index contributed by atoms with van der Waals surface area (Å²) in [5.41, 5.74) is 2.54. The predicted molar refractivity (Wildman–Crippen MR) is 103 cm³/mol. The lowest BCUT2D eigenvalue weighted by atomic mass is 10.0. The van der Waals surface area contributed by atoms with Crippen LogP contribution < -0.4 is 4.90 Å². The molecule has 1 amide bonds. The maximum atomic E-state index is 13.3. The lowest BCUT2D eigenvalue weighted by molar-refractivity contribution is 0.0747. The smallest absolute Gasteiger partial charge is 0.254 e. The van der Waals surface area contributed by atoms with Crippen LogP contribution in [-0.2, 0) is 0 Å². The van der Waals surface area contributed by atoms with Crippen molar-refractivity contribution < 1.29 is 13.6 Å². The van der Waals surface area contributed by atoms with Crippen LogP contribution in [0, 0.1) is 0 Å². The van der Waals surface area contributed by atoms with Gasteiger partial charge in [-0.3, -0.25) is 4.79 Å². The van der Waals surface area contributed by atoms with E-state index in [0.717, 1.165) is 41.2 Å². The topological polar surface area (TPSA) is 65.6 Å². The minimum absolute atomic E-state index is 0.0482. The van der Waals surface area contributed by atoms with E-state index in [-0.39, 0.29) is 5.91 Å². The van der Waals surface area contributed by atoms with Gasteiger partial charge in [0.1, 0.15) is 5.76 Å². The number of aromatic nitrogens is 1. The maximum absolute atomic E-state index is 13.3. The second kappa shape index (κ2) is 6.39. The van der Waals surface area contributed by atoms with Crippen LogP contribution in [0.25, 0.3) is 22.2 Å². The highest BCUT2D eigenvalue weighted by Crippen LogP contribution is 2.32. The molecule has 27 heavy (non-hydrogen) atoms. The highest BCUT2D eigenvalue weighted by Gasteiger charge is 2.25. The summed E-state index contributed by atoms with van der Waals surface area (Å²) >= 11 is 0. The van der Waals surface area contributed by atoms with E-state index in [2.05, 4.69) is 9.88 Å². The Hall–Kier alpha value is -3.41. The van der Waals surface area contributed by atoms with Crippen molar-refractivity contribution in [1.82, 2.24) is 9.88 Å². The van der Waals surface area contributed by atoms with Crippen LogP contribution in [0.4, 0.5) is 5.88 Å². The third-order valence-corrected chi connectivity index (χ3v) is 5.11. The van der Waals surface area contributed by atoms with Gasteiger partial charge in [0.25, 0.3) is 5.91 Å². The molecular weight excluding hydrogens is 342 g/mol. The number of piperazine rings is 1. The molecule has 5 rings (SSSR count). The third kappa shape index (κ3) is 2.70. The van der Waals surface area contributed by atoms with E-state index in [1.165, 1.54) is 0 Å². The van der Waals surface area contributed by atoms with E-state index >= 15 is 0 Å². The summed E-state index contributed by atoms with van der Waals surface area (Å²) in [6.07, 6.45) is 5.22. The second-order valence-corrected chi connectivity index (χ2v) is 6.64. The molecule has 0 aliphatic carbocycles. The summed E-state index contributed by atoms with van der Waals surface area (Å²) < 4.78 is 11.0. The van der Waals surface area contributed by atoms with Gasteiger partial charge in [0.2, 0.25) is 0 Å². The van der Waals surface area contributed by atoms with E-state index in [0.29, 0.717) is 18.7 Å². The molecule has 136 valence electrons. The Morgan fingerprint density at radius 1 is 0.926 bits per heavy atom. The molecule has 0 unspecified atom stereocenters. The number of furan rings is 2. The fraction of sp³-hybridized carbons (Fsp3) is 0.190. The highest BCUT2D eigenvalue weighted by molar-refractivity contribution is 6.11. The van der Waals surface area contributed by atoms with Crippen molar-refractivity contribution in [3.05, 3.63) is 66.8 Å². The molecule has 6 nitrogen and oxygen atoms in total. The van der Waals surface area contributed by atoms with Crippen LogP contribution >= 0.6 is 0 Å². The van der Waals surface area contributed by atoms with Crippen LogP contribution in [0.5, 0.6) is 0 Å². The number of hydrogen-bond acceptors (Lipinski definition) is 4. The number of nitrogens with zero attached hydrogens (tertiary/aromatic N) is 2. The van der Waals surface area contributed by atoms with Gasteiger partial charge in [0.05, 0.1) is 12.5 Å². The summed E-state index contributed by atoms with van der Waals surface area (Å²) in [6, 6.07) is 13.4. The van der Waals surface area contributed by atoms with E-state index < -0.39 is 0 Å². The Kier molecular flexibility index (Phi) is 3.74. The van der Waals surface area contributed by atoms with Crippen molar-refractivity contribution in [1.29, 1.82) is 0 Å². The molecule has 1 N–H and O–H groups in total. The third-order valence-electron chi connectivity index (χ3n) is 5.11. The van der Waals surface area contributed by atoms with Gasteiger partial charge in [0.15, 0.2) is 5.88 Å². The van der Waals surface area contributed by atoms with E-state index in [4.69, 9.17) is 8.83 Å². The van der Waals surface area contributed by atoms with Crippen molar-refractivity contribution in [3.63, 3.8) is 0 Å². The first-order chi connectivity index (χ1) is 13.3. The fourth-order valence-corrected chi connectivity index (χ4v) is 3.74. The number of carbonyl (C=O) groups is 1. The molecule has 1 saturated heterocycles. The number of fused-ring (bicyclic) bond motifs is 1. The van der Waals surface area contributed by atoms with E-state index in [9.17, 15) is 4.79 Å². The Morgan fingerprint density at radius 2 is 1.74 bits per heavy atom. The first-order valence-corrected chi connectivity index (χ1v) is 9.03. The number of nitrogens with one attached hydrogen (secondary N) is 1. The number of H-pyrrole nitrogens is 1. The fourth-order valence-electron chi connectivity index (χ4n) is 3.74. The number of anilines is 1. The van der Waals surface area contributed by atoms with Gasteiger partial charge in [-0.15, -0.1) is 0 Å². The average molecular weight is 361 g/mol. The van der Waals surface area contributed by atoms with Gasteiger partial charge >= 0.3 is 0 Å². The molecule has 4 aromatic rings. The van der Waals surface area contributed by atoms with Crippen molar-refractivity contribution in [2.24, 2.45) is 0 Å². The minimum Gasteiger partial charge on any atom is -0.464 e. The molecule has 0 bridgehead atoms. The van der Waals surface area contributed by atoms with Crippen LogP contribution in [0.3, 0.4) is 0 Å². The van der Waals surface area contributed by atoms with Crippen LogP contribution in [-0.4, -0.2) is 42.0 Å². The summed E-state index contributed by atoms with van der Waals surface area (Å²) in [5, 5.41) is 0.908. The standard InChI is InChI=1S/C21H19N3O3/c25-21(24-10-8-23(9-11-24)19-7-3-13-27-19)15-4-1-5-17-20(15)16(14-22-17)18-6-2-12-26-18/h1-7,12-14,22H,8-11H2. The molecule has 0 atom stereocenters. The van der Waals surface area contributed by atoms with Crippen LogP contribution in [0.2, 0.25) is 0 Å². The quantitative estimate of drug-likeness (QED) is 0.599. The zero-order valence-electron chi connectivity index (χ0n) is 14.7. The Balaban J connectivity index is 1.44. The van der Waals surface area contributed by atoms with Crippen molar-refractivity contribution >= 4 is 22.7 Å². The molecule has 6 heteroatoms. The van der Waals surface area contributed by atoms with Gasteiger partial charge < -0.3 is 23.6 Å². The van der Waals surface area contributed by atoms with E-state index in [1.807, 2.05) is 53.6 Å². The summed E-state index contributed by atoms with van der Waals surface area (Å²) in [4.78, 5) is 20.6. The molecule has 1 aliphatic heterocycles. The number of amides is 1. The van der Waals surface area contributed by atoms with Gasteiger partial charge in [-0.1, -0.05) is 6.07 Å². The van der Waals surface area contributed by atoms with Gasteiger partial charge in [0, 0.05) is 60.5 Å². The van der Waals surface area contributed by atoms with Gasteiger partial charge in [-0.2, -0.15) is 0 Å². The first-order valence-electron chi connectivity index (χ1n) is 9.03. The summed E-state index contributed by atoms with van der Waals surface area (Å²) in [7, 11) is 0. The number of benzene rings is 1. The molecule has 0 spiro atoms. The van der Waals surface area contributed by atoms with Crippen molar-refractivity contribution in [2.45, 2.75) is 0 Å².